The first-order valence-corrected chi connectivity index (χ1v) is 11.0. The number of nitro groups is 1. The number of aliphatic hydroxyl groups is 1. The minimum absolute atomic E-state index is 0.0516. The number of hydrogen-bond donors (Lipinski definition) is 2. The first kappa shape index (κ1) is 25.3. The number of hydrogen-bond acceptors (Lipinski definition) is 7. The van der Waals surface area contributed by atoms with Gasteiger partial charge in [-0.05, 0) is 62.8 Å². The lowest BCUT2D eigenvalue weighted by Gasteiger charge is -2.27. The molecule has 0 saturated carbocycles. The summed E-state index contributed by atoms with van der Waals surface area (Å²) in [7, 11) is 0. The molecule has 8 heteroatoms. The van der Waals surface area contributed by atoms with E-state index < -0.39 is 11.2 Å². The third-order valence-electron chi connectivity index (χ3n) is 5.52. The molecular weight excluding hydrogens is 406 g/mol. The van der Waals surface area contributed by atoms with E-state index in [1.807, 2.05) is 12.1 Å². The molecule has 0 fully saturated rings. The van der Waals surface area contributed by atoms with Crippen LogP contribution in [0.3, 0.4) is 0 Å². The topological polar surface area (TPSA) is 106 Å². The molecule has 8 nitrogen and oxygen atoms in total. The summed E-state index contributed by atoms with van der Waals surface area (Å²) in [6, 6.07) is 14.4. The van der Waals surface area contributed by atoms with Crippen molar-refractivity contribution < 1.29 is 10.0 Å². The number of anilines is 1. The molecule has 0 bridgehead atoms. The molecular formula is C24H33N5O3. The van der Waals surface area contributed by atoms with E-state index in [9.17, 15) is 15.2 Å². The highest BCUT2D eigenvalue weighted by atomic mass is 16.6. The molecule has 2 rings (SSSR count). The number of nitrogens with one attached hydrogen (secondary N) is 1. The van der Waals surface area contributed by atoms with E-state index >= 15 is 0 Å². The lowest BCUT2D eigenvalue weighted by molar-refractivity contribution is -0.384. The minimum Gasteiger partial charge on any atom is -0.372 e. The second-order valence-corrected chi connectivity index (χ2v) is 7.81. The Morgan fingerprint density at radius 2 is 1.78 bits per heavy atom. The van der Waals surface area contributed by atoms with Crippen molar-refractivity contribution in [3.05, 3.63) is 69.3 Å². The van der Waals surface area contributed by atoms with E-state index in [1.165, 1.54) is 6.07 Å². The van der Waals surface area contributed by atoms with Crippen LogP contribution in [0.25, 0.3) is 0 Å². The first-order valence-electron chi connectivity index (χ1n) is 11.0. The number of nitrogens with zero attached hydrogens (tertiary/aromatic N) is 4. The quantitative estimate of drug-likeness (QED) is 0.278. The monoisotopic (exact) mass is 439 g/mol. The van der Waals surface area contributed by atoms with Crippen molar-refractivity contribution in [1.82, 2.24) is 9.80 Å². The number of nitro benzene ring substituents is 1. The van der Waals surface area contributed by atoms with Gasteiger partial charge in [0.1, 0.15) is 11.9 Å². The third-order valence-corrected chi connectivity index (χ3v) is 5.52. The zero-order valence-electron chi connectivity index (χ0n) is 19.1. The summed E-state index contributed by atoms with van der Waals surface area (Å²) in [6.07, 6.45) is -0.0310. The van der Waals surface area contributed by atoms with Gasteiger partial charge >= 0.3 is 0 Å². The highest BCUT2D eigenvalue weighted by molar-refractivity contribution is 5.66. The Kier molecular flexibility index (Phi) is 10.1. The van der Waals surface area contributed by atoms with Crippen LogP contribution in [0.2, 0.25) is 0 Å². The van der Waals surface area contributed by atoms with E-state index in [-0.39, 0.29) is 5.69 Å². The molecule has 1 atom stereocenters. The van der Waals surface area contributed by atoms with Gasteiger partial charge in [-0.25, -0.2) is 0 Å². The Balaban J connectivity index is 2.10. The molecule has 0 saturated heterocycles. The van der Waals surface area contributed by atoms with Gasteiger partial charge in [0.2, 0.25) is 0 Å². The maximum absolute atomic E-state index is 11.4. The summed E-state index contributed by atoms with van der Waals surface area (Å²) in [5, 5.41) is 34.1. The van der Waals surface area contributed by atoms with Crippen LogP contribution in [-0.2, 0) is 6.54 Å². The minimum atomic E-state index is -0.971. The molecule has 2 aromatic rings. The number of aliphatic hydroxyl groups excluding tert-OH is 1. The molecule has 0 aliphatic heterocycles. The predicted molar refractivity (Wildman–Crippen MR) is 126 cm³/mol. The lowest BCUT2D eigenvalue weighted by atomic mass is 10.1. The molecule has 0 radical (unpaired) electrons. The Labute approximate surface area is 190 Å². The van der Waals surface area contributed by atoms with Crippen LogP contribution >= 0.6 is 0 Å². The van der Waals surface area contributed by atoms with Crippen LogP contribution in [0.5, 0.6) is 0 Å². The largest absolute Gasteiger partial charge is 0.372 e. The molecule has 0 amide bonds. The number of benzene rings is 2. The Morgan fingerprint density at radius 3 is 2.38 bits per heavy atom. The van der Waals surface area contributed by atoms with Crippen molar-refractivity contribution in [3.8, 4) is 6.07 Å². The zero-order valence-corrected chi connectivity index (χ0v) is 19.1. The maximum atomic E-state index is 11.4. The Hall–Kier alpha value is -2.99. The molecule has 2 N–H and O–H groups in total. The zero-order chi connectivity index (χ0) is 23.5. The molecule has 2 aromatic carbocycles. The first-order chi connectivity index (χ1) is 15.4. The van der Waals surface area contributed by atoms with E-state index in [4.69, 9.17) is 5.26 Å². The molecule has 0 aliphatic carbocycles. The number of rotatable bonds is 13. The van der Waals surface area contributed by atoms with Gasteiger partial charge in [-0.1, -0.05) is 38.1 Å². The van der Waals surface area contributed by atoms with Crippen LogP contribution < -0.4 is 5.32 Å². The summed E-state index contributed by atoms with van der Waals surface area (Å²) in [6.45, 7) is 10.7. The second-order valence-electron chi connectivity index (χ2n) is 7.81. The van der Waals surface area contributed by atoms with Crippen molar-refractivity contribution in [1.29, 1.82) is 5.26 Å². The van der Waals surface area contributed by atoms with Crippen LogP contribution in [0.4, 0.5) is 11.4 Å². The maximum Gasteiger partial charge on any atom is 0.292 e. The van der Waals surface area contributed by atoms with Gasteiger partial charge < -0.3 is 15.3 Å². The average molecular weight is 440 g/mol. The predicted octanol–water partition coefficient (Wildman–Crippen LogP) is 3.74. The van der Waals surface area contributed by atoms with Crippen LogP contribution in [0, 0.1) is 28.4 Å². The van der Waals surface area contributed by atoms with Gasteiger partial charge in [0.15, 0.2) is 0 Å². The van der Waals surface area contributed by atoms with E-state index in [0.717, 1.165) is 38.2 Å². The molecule has 0 spiro atoms. The van der Waals surface area contributed by atoms with Crippen LogP contribution in [0.15, 0.2) is 42.5 Å². The third kappa shape index (κ3) is 7.61. The van der Waals surface area contributed by atoms with Crippen LogP contribution in [0.1, 0.15) is 37.0 Å². The van der Waals surface area contributed by atoms with E-state index in [2.05, 4.69) is 35.0 Å². The van der Waals surface area contributed by atoms with Crippen molar-refractivity contribution in [3.63, 3.8) is 0 Å². The van der Waals surface area contributed by atoms with E-state index in [0.29, 0.717) is 29.9 Å². The van der Waals surface area contributed by atoms with E-state index in [1.54, 1.807) is 31.2 Å². The van der Waals surface area contributed by atoms with Crippen molar-refractivity contribution >= 4 is 11.4 Å². The SMILES string of the molecule is CCN(CC)CCCN(Cc1ccc(C#N)cc1)CC(O)Nc1c(C)cccc1[N+](=O)[O-]. The Bertz CT molecular complexity index is 907. The summed E-state index contributed by atoms with van der Waals surface area (Å²) in [5.41, 5.74) is 2.64. The molecule has 0 heterocycles. The van der Waals surface area contributed by atoms with Gasteiger partial charge in [0, 0.05) is 19.2 Å². The average Bonchev–Trinajstić information content (AvgIpc) is 2.78. The molecule has 0 aromatic heterocycles. The molecule has 1 unspecified atom stereocenters. The van der Waals surface area contributed by atoms with Gasteiger partial charge in [-0.15, -0.1) is 0 Å². The van der Waals surface area contributed by atoms with Gasteiger partial charge in [-0.3, -0.25) is 15.0 Å². The Morgan fingerprint density at radius 1 is 1.12 bits per heavy atom. The summed E-state index contributed by atoms with van der Waals surface area (Å²) in [4.78, 5) is 15.4. The lowest BCUT2D eigenvalue weighted by Crippen LogP contribution is -2.38. The smallest absolute Gasteiger partial charge is 0.292 e. The van der Waals surface area contributed by atoms with Crippen molar-refractivity contribution in [2.45, 2.75) is 40.0 Å². The summed E-state index contributed by atoms with van der Waals surface area (Å²) >= 11 is 0. The van der Waals surface area contributed by atoms with Crippen molar-refractivity contribution in [2.24, 2.45) is 0 Å². The molecule has 32 heavy (non-hydrogen) atoms. The fourth-order valence-electron chi connectivity index (χ4n) is 3.68. The number of para-hydroxylation sites is 1. The van der Waals surface area contributed by atoms with Crippen molar-refractivity contribution in [2.75, 3.05) is 38.0 Å². The fourth-order valence-corrected chi connectivity index (χ4v) is 3.68. The van der Waals surface area contributed by atoms with Gasteiger partial charge in [0.05, 0.1) is 16.6 Å². The number of aryl methyl sites for hydroxylation is 1. The van der Waals surface area contributed by atoms with Gasteiger partial charge in [-0.2, -0.15) is 5.26 Å². The second kappa shape index (κ2) is 12.8. The van der Waals surface area contributed by atoms with Gasteiger partial charge in [0.25, 0.3) is 5.69 Å². The summed E-state index contributed by atoms with van der Waals surface area (Å²) < 4.78 is 0. The van der Waals surface area contributed by atoms with Crippen LogP contribution in [-0.4, -0.2) is 58.8 Å². The normalized spacial score (nSPS) is 12.0. The highest BCUT2D eigenvalue weighted by Crippen LogP contribution is 2.28. The standard InChI is InChI=1S/C24H33N5O3/c1-4-27(5-2)14-7-15-28(17-21-12-10-20(16-25)11-13-21)18-23(30)26-24-19(3)8-6-9-22(24)29(31)32/h6,8-13,23,26,30H,4-5,7,14-15,17-18H2,1-3H3. The molecule has 0 aliphatic rings. The highest BCUT2D eigenvalue weighted by Gasteiger charge is 2.20. The fraction of sp³-hybridized carbons (Fsp3) is 0.458. The summed E-state index contributed by atoms with van der Waals surface area (Å²) in [5.74, 6) is 0. The molecule has 172 valence electrons. The number of nitriles is 1.